The van der Waals surface area contributed by atoms with Gasteiger partial charge in [-0.25, -0.2) is 4.98 Å². The predicted octanol–water partition coefficient (Wildman–Crippen LogP) is 0.620. The van der Waals surface area contributed by atoms with Crippen molar-refractivity contribution < 1.29 is 4.74 Å². The summed E-state index contributed by atoms with van der Waals surface area (Å²) in [6, 6.07) is 0. The van der Waals surface area contributed by atoms with Crippen molar-refractivity contribution in [2.45, 2.75) is 12.5 Å². The minimum absolute atomic E-state index is 0.274. The lowest BCUT2D eigenvalue weighted by molar-refractivity contribution is 0.121. The molecule has 3 rings (SSSR count). The SMILES string of the molecule is CNc1nc(N2CCC(OC)C2)c2[nH]cnc2n1. The summed E-state index contributed by atoms with van der Waals surface area (Å²) in [7, 11) is 3.55. The predicted molar refractivity (Wildman–Crippen MR) is 68.9 cm³/mol. The van der Waals surface area contributed by atoms with Crippen LogP contribution in [0.1, 0.15) is 6.42 Å². The van der Waals surface area contributed by atoms with E-state index in [0.717, 1.165) is 30.8 Å². The Hall–Kier alpha value is -1.89. The maximum atomic E-state index is 5.39. The minimum Gasteiger partial charge on any atom is -0.380 e. The van der Waals surface area contributed by atoms with Gasteiger partial charge in [0.2, 0.25) is 5.95 Å². The van der Waals surface area contributed by atoms with Crippen LogP contribution in [0.3, 0.4) is 0 Å². The third kappa shape index (κ3) is 1.76. The number of imidazole rings is 1. The fourth-order valence-corrected chi connectivity index (χ4v) is 2.27. The molecule has 0 radical (unpaired) electrons. The van der Waals surface area contributed by atoms with Gasteiger partial charge in [-0.15, -0.1) is 0 Å². The summed E-state index contributed by atoms with van der Waals surface area (Å²) in [5.74, 6) is 1.48. The summed E-state index contributed by atoms with van der Waals surface area (Å²) in [5.41, 5.74) is 1.57. The number of fused-ring (bicyclic) bond motifs is 1. The molecule has 1 aliphatic heterocycles. The number of methoxy groups -OCH3 is 1. The first-order valence-corrected chi connectivity index (χ1v) is 5.98. The normalized spacial score (nSPS) is 19.7. The van der Waals surface area contributed by atoms with Crippen LogP contribution in [0.2, 0.25) is 0 Å². The highest BCUT2D eigenvalue weighted by Gasteiger charge is 2.25. The fraction of sp³-hybridized carbons (Fsp3) is 0.545. The Bertz CT molecular complexity index is 553. The first kappa shape index (κ1) is 11.2. The van der Waals surface area contributed by atoms with Crippen molar-refractivity contribution >= 4 is 22.9 Å². The number of nitrogens with zero attached hydrogens (tertiary/aromatic N) is 4. The van der Waals surface area contributed by atoms with E-state index >= 15 is 0 Å². The lowest BCUT2D eigenvalue weighted by Gasteiger charge is -2.18. The summed E-state index contributed by atoms with van der Waals surface area (Å²) in [6.07, 6.45) is 2.94. The average Bonchev–Trinajstić information content (AvgIpc) is 3.05. The molecule has 1 saturated heterocycles. The van der Waals surface area contributed by atoms with Crippen molar-refractivity contribution in [1.29, 1.82) is 0 Å². The van der Waals surface area contributed by atoms with E-state index in [2.05, 4.69) is 30.2 Å². The number of hydrogen-bond donors (Lipinski definition) is 2. The van der Waals surface area contributed by atoms with Gasteiger partial charge >= 0.3 is 0 Å². The van der Waals surface area contributed by atoms with Gasteiger partial charge in [0.25, 0.3) is 0 Å². The number of rotatable bonds is 3. The summed E-state index contributed by atoms with van der Waals surface area (Å²) < 4.78 is 5.39. The van der Waals surface area contributed by atoms with Gasteiger partial charge in [-0.05, 0) is 6.42 Å². The first-order chi connectivity index (χ1) is 8.81. The van der Waals surface area contributed by atoms with Crippen LogP contribution in [0.4, 0.5) is 11.8 Å². The molecule has 0 amide bonds. The standard InChI is InChI=1S/C11H16N6O/c1-12-11-15-9-8(13-6-14-9)10(16-11)17-4-3-7(5-17)18-2/h6-7H,3-5H2,1-2H3,(H2,12,13,14,15,16). The van der Waals surface area contributed by atoms with Gasteiger partial charge in [0.05, 0.1) is 12.4 Å². The van der Waals surface area contributed by atoms with Crippen LogP contribution in [-0.4, -0.2) is 53.3 Å². The largest absolute Gasteiger partial charge is 0.380 e. The lowest BCUT2D eigenvalue weighted by Crippen LogP contribution is -2.24. The van der Waals surface area contributed by atoms with E-state index in [0.29, 0.717) is 11.6 Å². The summed E-state index contributed by atoms with van der Waals surface area (Å²) in [6.45, 7) is 1.79. The zero-order valence-corrected chi connectivity index (χ0v) is 10.5. The summed E-state index contributed by atoms with van der Waals surface area (Å²) in [5, 5.41) is 2.96. The molecule has 0 bridgehead atoms. The maximum absolute atomic E-state index is 5.39. The molecule has 7 nitrogen and oxygen atoms in total. The molecule has 2 aromatic heterocycles. The number of aromatic amines is 1. The second-order valence-electron chi connectivity index (χ2n) is 4.31. The number of H-pyrrole nitrogens is 1. The Morgan fingerprint density at radius 2 is 2.39 bits per heavy atom. The van der Waals surface area contributed by atoms with Gasteiger partial charge in [0.1, 0.15) is 5.52 Å². The zero-order chi connectivity index (χ0) is 12.5. The van der Waals surface area contributed by atoms with E-state index in [1.807, 2.05) is 0 Å². The summed E-state index contributed by atoms with van der Waals surface area (Å²) >= 11 is 0. The molecule has 96 valence electrons. The minimum atomic E-state index is 0.274. The van der Waals surface area contributed by atoms with Crippen molar-refractivity contribution in [3.05, 3.63) is 6.33 Å². The quantitative estimate of drug-likeness (QED) is 0.829. The lowest BCUT2D eigenvalue weighted by atomic mass is 10.3. The highest BCUT2D eigenvalue weighted by Crippen LogP contribution is 2.26. The van der Waals surface area contributed by atoms with Gasteiger partial charge in [-0.3, -0.25) is 0 Å². The molecule has 0 spiro atoms. The van der Waals surface area contributed by atoms with Crippen LogP contribution in [0, 0.1) is 0 Å². The van der Waals surface area contributed by atoms with Gasteiger partial charge in [-0.2, -0.15) is 9.97 Å². The van der Waals surface area contributed by atoms with E-state index in [-0.39, 0.29) is 6.10 Å². The maximum Gasteiger partial charge on any atom is 0.226 e. The Labute approximate surface area is 105 Å². The molecule has 1 unspecified atom stereocenters. The van der Waals surface area contributed by atoms with Crippen LogP contribution >= 0.6 is 0 Å². The zero-order valence-electron chi connectivity index (χ0n) is 10.5. The second-order valence-corrected chi connectivity index (χ2v) is 4.31. The number of aromatic nitrogens is 4. The molecule has 2 N–H and O–H groups in total. The Morgan fingerprint density at radius 1 is 1.50 bits per heavy atom. The van der Waals surface area contributed by atoms with E-state index in [1.165, 1.54) is 0 Å². The van der Waals surface area contributed by atoms with E-state index in [4.69, 9.17) is 4.74 Å². The molecule has 18 heavy (non-hydrogen) atoms. The molecule has 0 saturated carbocycles. The van der Waals surface area contributed by atoms with Crippen LogP contribution in [0.15, 0.2) is 6.33 Å². The van der Waals surface area contributed by atoms with Crippen molar-refractivity contribution in [3.8, 4) is 0 Å². The van der Waals surface area contributed by atoms with Crippen LogP contribution in [0.25, 0.3) is 11.2 Å². The van der Waals surface area contributed by atoms with Crippen molar-refractivity contribution in [1.82, 2.24) is 19.9 Å². The van der Waals surface area contributed by atoms with Crippen molar-refractivity contribution in [2.24, 2.45) is 0 Å². The van der Waals surface area contributed by atoms with Crippen molar-refractivity contribution in [2.75, 3.05) is 37.5 Å². The van der Waals surface area contributed by atoms with Gasteiger partial charge in [-0.1, -0.05) is 0 Å². The van der Waals surface area contributed by atoms with Gasteiger partial charge in [0.15, 0.2) is 11.5 Å². The Balaban J connectivity index is 2.02. The van der Waals surface area contributed by atoms with E-state index < -0.39 is 0 Å². The smallest absolute Gasteiger partial charge is 0.226 e. The van der Waals surface area contributed by atoms with Gasteiger partial charge in [0, 0.05) is 27.2 Å². The Kier molecular flexibility index (Phi) is 2.75. The van der Waals surface area contributed by atoms with Gasteiger partial charge < -0.3 is 19.9 Å². The molecular weight excluding hydrogens is 232 g/mol. The van der Waals surface area contributed by atoms with Crippen LogP contribution in [0.5, 0.6) is 0 Å². The molecular formula is C11H16N6O. The molecule has 7 heteroatoms. The van der Waals surface area contributed by atoms with E-state index in [9.17, 15) is 0 Å². The molecule has 3 heterocycles. The average molecular weight is 248 g/mol. The number of anilines is 2. The number of nitrogens with one attached hydrogen (secondary N) is 2. The second kappa shape index (κ2) is 4.41. The Morgan fingerprint density at radius 3 is 3.11 bits per heavy atom. The summed E-state index contributed by atoms with van der Waals surface area (Å²) in [4.78, 5) is 18.3. The monoisotopic (exact) mass is 248 g/mol. The molecule has 1 fully saturated rings. The molecule has 1 atom stereocenters. The third-order valence-corrected chi connectivity index (χ3v) is 3.27. The van der Waals surface area contributed by atoms with Crippen LogP contribution < -0.4 is 10.2 Å². The third-order valence-electron chi connectivity index (χ3n) is 3.27. The molecule has 1 aliphatic rings. The van der Waals surface area contributed by atoms with E-state index in [1.54, 1.807) is 20.5 Å². The number of hydrogen-bond acceptors (Lipinski definition) is 6. The van der Waals surface area contributed by atoms with Crippen LogP contribution in [-0.2, 0) is 4.74 Å². The first-order valence-electron chi connectivity index (χ1n) is 5.98. The highest BCUT2D eigenvalue weighted by atomic mass is 16.5. The molecule has 0 aliphatic carbocycles. The fourth-order valence-electron chi connectivity index (χ4n) is 2.27. The highest BCUT2D eigenvalue weighted by molar-refractivity contribution is 5.84. The molecule has 2 aromatic rings. The topological polar surface area (TPSA) is 79.0 Å². The van der Waals surface area contributed by atoms with Crippen molar-refractivity contribution in [3.63, 3.8) is 0 Å². The number of ether oxygens (including phenoxy) is 1. The molecule has 0 aromatic carbocycles.